The molecule has 4 nitrogen and oxygen atoms in total. The molecule has 0 N–H and O–H groups in total. The lowest BCUT2D eigenvalue weighted by Gasteiger charge is -2.31. The zero-order valence-corrected chi connectivity index (χ0v) is 10.0. The van der Waals surface area contributed by atoms with E-state index in [-0.39, 0.29) is 11.2 Å². The molecule has 0 unspecified atom stereocenters. The number of nitrogens with zero attached hydrogens (tertiary/aromatic N) is 1. The molecule has 15 heavy (non-hydrogen) atoms. The maximum absolute atomic E-state index is 12.3. The minimum atomic E-state index is -3.06. The summed E-state index contributed by atoms with van der Waals surface area (Å²) in [5.41, 5.74) is 0. The van der Waals surface area contributed by atoms with Gasteiger partial charge >= 0.3 is 0 Å². The third-order valence-electron chi connectivity index (χ3n) is 3.37. The molecule has 2 rings (SSSR count). The van der Waals surface area contributed by atoms with Crippen molar-refractivity contribution in [1.29, 1.82) is 0 Å². The smallest absolute Gasteiger partial charge is 0.217 e. The van der Waals surface area contributed by atoms with Crippen LogP contribution in [-0.2, 0) is 14.8 Å². The van der Waals surface area contributed by atoms with Gasteiger partial charge in [-0.05, 0) is 25.2 Å². The van der Waals surface area contributed by atoms with Crippen molar-refractivity contribution in [2.45, 2.75) is 31.4 Å². The van der Waals surface area contributed by atoms with Gasteiger partial charge in [-0.2, -0.15) is 0 Å². The Kier molecular flexibility index (Phi) is 3.33. The first kappa shape index (κ1) is 11.4. The first-order chi connectivity index (χ1) is 7.12. The number of rotatable bonds is 2. The Hall–Kier alpha value is -0.130. The molecule has 0 saturated carbocycles. The molecule has 88 valence electrons. The van der Waals surface area contributed by atoms with E-state index in [9.17, 15) is 8.42 Å². The SMILES string of the molecule is C[C@@H]1COCC[C@@H]1S(=O)(=O)N1CCCC1. The van der Waals surface area contributed by atoms with Crippen molar-refractivity contribution in [3.63, 3.8) is 0 Å². The summed E-state index contributed by atoms with van der Waals surface area (Å²) in [5.74, 6) is 0.129. The molecule has 0 aromatic heterocycles. The van der Waals surface area contributed by atoms with E-state index >= 15 is 0 Å². The van der Waals surface area contributed by atoms with Gasteiger partial charge in [0.1, 0.15) is 0 Å². The van der Waals surface area contributed by atoms with E-state index in [1.54, 1.807) is 4.31 Å². The highest BCUT2D eigenvalue weighted by Gasteiger charge is 2.38. The van der Waals surface area contributed by atoms with E-state index in [0.29, 0.717) is 32.7 Å². The van der Waals surface area contributed by atoms with Gasteiger partial charge in [0.25, 0.3) is 0 Å². The maximum atomic E-state index is 12.3. The van der Waals surface area contributed by atoms with Crippen LogP contribution < -0.4 is 0 Å². The van der Waals surface area contributed by atoms with Crippen molar-refractivity contribution >= 4 is 10.0 Å². The molecule has 0 radical (unpaired) electrons. The molecule has 2 fully saturated rings. The molecule has 5 heteroatoms. The molecule has 0 amide bonds. The fourth-order valence-electron chi connectivity index (χ4n) is 2.44. The monoisotopic (exact) mass is 233 g/mol. The molecular formula is C10H19NO3S. The third kappa shape index (κ3) is 2.19. The van der Waals surface area contributed by atoms with Crippen LogP contribution in [0, 0.1) is 5.92 Å². The van der Waals surface area contributed by atoms with Gasteiger partial charge in [-0.1, -0.05) is 6.92 Å². The summed E-state index contributed by atoms with van der Waals surface area (Å²) in [5, 5.41) is -0.218. The van der Waals surface area contributed by atoms with E-state index < -0.39 is 10.0 Å². The molecule has 2 saturated heterocycles. The minimum absolute atomic E-state index is 0.129. The van der Waals surface area contributed by atoms with Gasteiger partial charge < -0.3 is 4.74 Å². The Bertz CT molecular complexity index is 309. The Morgan fingerprint density at radius 3 is 2.53 bits per heavy atom. The normalized spacial score (nSPS) is 34.5. The molecule has 0 spiro atoms. The first-order valence-corrected chi connectivity index (χ1v) is 7.19. The van der Waals surface area contributed by atoms with Crippen LogP contribution in [-0.4, -0.2) is 44.3 Å². The molecule has 0 aromatic rings. The summed E-state index contributed by atoms with van der Waals surface area (Å²) in [6, 6.07) is 0. The average Bonchev–Trinajstić information content (AvgIpc) is 2.71. The quantitative estimate of drug-likeness (QED) is 0.710. The number of hydrogen-bond acceptors (Lipinski definition) is 3. The lowest BCUT2D eigenvalue weighted by molar-refractivity contribution is 0.0626. The molecule has 0 aromatic carbocycles. The zero-order valence-electron chi connectivity index (χ0n) is 9.18. The fourth-order valence-corrected chi connectivity index (χ4v) is 4.65. The van der Waals surface area contributed by atoms with Gasteiger partial charge in [-0.25, -0.2) is 12.7 Å². The Balaban J connectivity index is 2.12. The molecule has 2 heterocycles. The highest BCUT2D eigenvalue weighted by molar-refractivity contribution is 7.89. The van der Waals surface area contributed by atoms with Gasteiger partial charge in [-0.3, -0.25) is 0 Å². The van der Waals surface area contributed by atoms with Crippen molar-refractivity contribution in [2.24, 2.45) is 5.92 Å². The minimum Gasteiger partial charge on any atom is -0.381 e. The number of sulfonamides is 1. The van der Waals surface area contributed by atoms with Crippen LogP contribution in [0.3, 0.4) is 0 Å². The van der Waals surface area contributed by atoms with Gasteiger partial charge in [-0.15, -0.1) is 0 Å². The second kappa shape index (κ2) is 4.39. The maximum Gasteiger partial charge on any atom is 0.217 e. The Morgan fingerprint density at radius 2 is 1.93 bits per heavy atom. The summed E-state index contributed by atoms with van der Waals surface area (Å²) in [6.07, 6.45) is 2.67. The molecular weight excluding hydrogens is 214 g/mol. The summed E-state index contributed by atoms with van der Waals surface area (Å²) >= 11 is 0. The summed E-state index contributed by atoms with van der Waals surface area (Å²) in [7, 11) is -3.06. The van der Waals surface area contributed by atoms with Crippen LogP contribution in [0.2, 0.25) is 0 Å². The highest BCUT2D eigenvalue weighted by atomic mass is 32.2. The number of hydrogen-bond donors (Lipinski definition) is 0. The van der Waals surface area contributed by atoms with Crippen molar-refractivity contribution in [1.82, 2.24) is 4.31 Å². The zero-order chi connectivity index (χ0) is 10.9. The van der Waals surface area contributed by atoms with Crippen molar-refractivity contribution in [3.05, 3.63) is 0 Å². The van der Waals surface area contributed by atoms with E-state index in [4.69, 9.17) is 4.74 Å². The predicted molar refractivity (Wildman–Crippen MR) is 58.1 cm³/mol. The highest BCUT2D eigenvalue weighted by Crippen LogP contribution is 2.26. The van der Waals surface area contributed by atoms with E-state index in [1.807, 2.05) is 6.92 Å². The second-order valence-electron chi connectivity index (χ2n) is 4.53. The van der Waals surface area contributed by atoms with Crippen LogP contribution in [0.1, 0.15) is 26.2 Å². The summed E-state index contributed by atoms with van der Waals surface area (Å²) in [6.45, 7) is 4.57. The second-order valence-corrected chi connectivity index (χ2v) is 6.68. The van der Waals surface area contributed by atoms with Crippen LogP contribution >= 0.6 is 0 Å². The van der Waals surface area contributed by atoms with Crippen molar-refractivity contribution < 1.29 is 13.2 Å². The van der Waals surface area contributed by atoms with Crippen LogP contribution in [0.25, 0.3) is 0 Å². The summed E-state index contributed by atoms with van der Waals surface area (Å²) < 4.78 is 31.5. The van der Waals surface area contributed by atoms with Gasteiger partial charge in [0.15, 0.2) is 0 Å². The van der Waals surface area contributed by atoms with Gasteiger partial charge in [0.05, 0.1) is 11.9 Å². The van der Waals surface area contributed by atoms with Crippen LogP contribution in [0.5, 0.6) is 0 Å². The van der Waals surface area contributed by atoms with E-state index in [1.165, 1.54) is 0 Å². The van der Waals surface area contributed by atoms with Crippen molar-refractivity contribution in [2.75, 3.05) is 26.3 Å². The topological polar surface area (TPSA) is 46.6 Å². The van der Waals surface area contributed by atoms with E-state index in [0.717, 1.165) is 12.8 Å². The molecule has 0 aliphatic carbocycles. The molecule has 2 aliphatic rings. The van der Waals surface area contributed by atoms with Crippen LogP contribution in [0.4, 0.5) is 0 Å². The molecule has 2 aliphatic heterocycles. The van der Waals surface area contributed by atoms with E-state index in [2.05, 4.69) is 0 Å². The Labute approximate surface area is 91.6 Å². The molecule has 0 bridgehead atoms. The first-order valence-electron chi connectivity index (χ1n) is 5.69. The summed E-state index contributed by atoms with van der Waals surface area (Å²) in [4.78, 5) is 0. The largest absolute Gasteiger partial charge is 0.381 e. The van der Waals surface area contributed by atoms with Crippen LogP contribution in [0.15, 0.2) is 0 Å². The number of ether oxygens (including phenoxy) is 1. The lowest BCUT2D eigenvalue weighted by atomic mass is 10.0. The fraction of sp³-hybridized carbons (Fsp3) is 1.00. The predicted octanol–water partition coefficient (Wildman–Crippen LogP) is 0.837. The van der Waals surface area contributed by atoms with Gasteiger partial charge in [0.2, 0.25) is 10.0 Å². The Morgan fingerprint density at radius 1 is 1.27 bits per heavy atom. The third-order valence-corrected chi connectivity index (χ3v) is 5.92. The van der Waals surface area contributed by atoms with Crippen molar-refractivity contribution in [3.8, 4) is 0 Å². The standard InChI is InChI=1S/C10H19NO3S/c1-9-8-14-7-4-10(9)15(12,13)11-5-2-3-6-11/h9-10H,2-8H2,1H3/t9-,10+/m1/s1. The molecule has 2 atom stereocenters. The average molecular weight is 233 g/mol. The lowest BCUT2D eigenvalue weighted by Crippen LogP contribution is -2.44. The van der Waals surface area contributed by atoms with Gasteiger partial charge in [0, 0.05) is 19.7 Å².